The first-order valence-corrected chi connectivity index (χ1v) is 18.3. The molecule has 11 rings (SSSR count). The summed E-state index contributed by atoms with van der Waals surface area (Å²) in [6, 6.07) is 64.2. The van der Waals surface area contributed by atoms with E-state index in [-0.39, 0.29) is 0 Å². The number of fused-ring (bicyclic) bond motifs is 9. The number of para-hydroxylation sites is 4. The van der Waals surface area contributed by atoms with Crippen molar-refractivity contribution >= 4 is 71.1 Å². The molecule has 0 aliphatic carbocycles. The fraction of sp³-hybridized carbons (Fsp3) is 0. The third-order valence-electron chi connectivity index (χ3n) is 11.1. The molecule has 5 nitrogen and oxygen atoms in total. The van der Waals surface area contributed by atoms with Gasteiger partial charge in [-0.2, -0.15) is 5.26 Å². The van der Waals surface area contributed by atoms with Crippen LogP contribution in [0.5, 0.6) is 0 Å². The Morgan fingerprint density at radius 3 is 1.49 bits per heavy atom. The molecule has 0 spiro atoms. The number of aromatic nitrogens is 3. The summed E-state index contributed by atoms with van der Waals surface area (Å²) in [7, 11) is 0. The first-order valence-electron chi connectivity index (χ1n) is 18.3. The zero-order chi connectivity index (χ0) is 36.6. The average molecular weight is 700 g/mol. The monoisotopic (exact) mass is 699 g/mol. The lowest BCUT2D eigenvalue weighted by Crippen LogP contribution is -1.97. The second kappa shape index (κ2) is 11.8. The second-order valence-electron chi connectivity index (χ2n) is 14.0. The number of nitriles is 1. The minimum atomic E-state index is 0.453. The Hall–Kier alpha value is -7.86. The Kier molecular flexibility index (Phi) is 6.61. The van der Waals surface area contributed by atoms with E-state index in [0.29, 0.717) is 11.3 Å². The van der Waals surface area contributed by atoms with Gasteiger partial charge in [0.05, 0.1) is 57.0 Å². The molecule has 0 aliphatic rings. The molecule has 254 valence electrons. The highest BCUT2D eigenvalue weighted by atomic mass is 15.0. The van der Waals surface area contributed by atoms with Crippen LogP contribution in [0.2, 0.25) is 0 Å². The van der Waals surface area contributed by atoms with Gasteiger partial charge >= 0.3 is 0 Å². The quantitative estimate of drug-likeness (QED) is 0.169. The van der Waals surface area contributed by atoms with Gasteiger partial charge in [0, 0.05) is 43.7 Å². The fourth-order valence-electron chi connectivity index (χ4n) is 8.68. The van der Waals surface area contributed by atoms with E-state index in [4.69, 9.17) is 6.57 Å². The van der Waals surface area contributed by atoms with E-state index in [1.165, 1.54) is 32.6 Å². The molecule has 0 radical (unpaired) electrons. The van der Waals surface area contributed by atoms with Crippen molar-refractivity contribution in [2.45, 2.75) is 0 Å². The summed E-state index contributed by atoms with van der Waals surface area (Å²) < 4.78 is 6.90. The number of rotatable bonds is 4. The van der Waals surface area contributed by atoms with Gasteiger partial charge in [0.1, 0.15) is 0 Å². The Morgan fingerprint density at radius 1 is 0.400 bits per heavy atom. The van der Waals surface area contributed by atoms with Gasteiger partial charge in [-0.25, -0.2) is 4.85 Å². The molecule has 55 heavy (non-hydrogen) atoms. The highest BCUT2D eigenvalue weighted by Crippen LogP contribution is 2.40. The van der Waals surface area contributed by atoms with Gasteiger partial charge in [-0.05, 0) is 96.1 Å². The molecule has 11 aromatic rings. The van der Waals surface area contributed by atoms with Crippen LogP contribution in [0.4, 0.5) is 5.69 Å². The van der Waals surface area contributed by atoms with Crippen LogP contribution in [0.15, 0.2) is 176 Å². The Bertz CT molecular complexity index is 3400. The highest BCUT2D eigenvalue weighted by Gasteiger charge is 2.19. The van der Waals surface area contributed by atoms with Crippen molar-refractivity contribution in [2.75, 3.05) is 0 Å². The SMILES string of the molecule is [C-]#[N+]c1ccc(-n2c3ccccc3c3cc(-c4ccc5c(c4)c4cc(-n6c7ccccc7c7ccccc76)ccc4n5-c4ccccc4)ccc32)c(C#N)c1. The number of nitrogens with zero attached hydrogens (tertiary/aromatic N) is 5. The van der Waals surface area contributed by atoms with Crippen LogP contribution in [-0.2, 0) is 0 Å². The summed E-state index contributed by atoms with van der Waals surface area (Å²) in [5.41, 5.74) is 12.9. The molecular weight excluding hydrogens is 671 g/mol. The number of benzene rings is 8. The Balaban J connectivity index is 1.14. The van der Waals surface area contributed by atoms with Crippen LogP contribution in [-0.4, -0.2) is 13.7 Å². The molecule has 0 bridgehead atoms. The zero-order valence-corrected chi connectivity index (χ0v) is 29.5. The maximum atomic E-state index is 10.1. The highest BCUT2D eigenvalue weighted by molar-refractivity contribution is 6.14. The van der Waals surface area contributed by atoms with Gasteiger partial charge in [-0.3, -0.25) is 0 Å². The van der Waals surface area contributed by atoms with Gasteiger partial charge < -0.3 is 13.7 Å². The number of hydrogen-bond donors (Lipinski definition) is 0. The van der Waals surface area contributed by atoms with Crippen LogP contribution in [0, 0.1) is 17.9 Å². The Morgan fingerprint density at radius 2 is 0.873 bits per heavy atom. The van der Waals surface area contributed by atoms with E-state index in [1.807, 2.05) is 12.1 Å². The first kappa shape index (κ1) is 30.7. The maximum absolute atomic E-state index is 10.1. The number of hydrogen-bond acceptors (Lipinski definition) is 1. The molecule has 0 saturated heterocycles. The van der Waals surface area contributed by atoms with Crippen molar-refractivity contribution in [3.63, 3.8) is 0 Å². The molecular formula is C50H29N5. The summed E-state index contributed by atoms with van der Waals surface area (Å²) in [5.74, 6) is 0. The molecule has 0 amide bonds. The lowest BCUT2D eigenvalue weighted by Gasteiger charge is -2.11. The smallest absolute Gasteiger partial charge is 0.188 e. The maximum Gasteiger partial charge on any atom is 0.188 e. The van der Waals surface area contributed by atoms with Gasteiger partial charge in [-0.15, -0.1) is 0 Å². The second-order valence-corrected chi connectivity index (χ2v) is 14.0. The molecule has 0 fully saturated rings. The van der Waals surface area contributed by atoms with Crippen LogP contribution in [0.3, 0.4) is 0 Å². The fourth-order valence-corrected chi connectivity index (χ4v) is 8.68. The lowest BCUT2D eigenvalue weighted by molar-refractivity contribution is 1.16. The van der Waals surface area contributed by atoms with E-state index >= 15 is 0 Å². The minimum absolute atomic E-state index is 0.453. The average Bonchev–Trinajstić information content (AvgIpc) is 3.88. The molecule has 0 atom stereocenters. The zero-order valence-electron chi connectivity index (χ0n) is 29.5. The van der Waals surface area contributed by atoms with Crippen LogP contribution < -0.4 is 0 Å². The van der Waals surface area contributed by atoms with E-state index in [0.717, 1.165) is 61.0 Å². The Labute approximate surface area is 316 Å². The van der Waals surface area contributed by atoms with Crippen LogP contribution >= 0.6 is 0 Å². The summed E-state index contributed by atoms with van der Waals surface area (Å²) in [4.78, 5) is 3.56. The molecule has 0 unspecified atom stereocenters. The first-order chi connectivity index (χ1) is 27.2. The predicted molar refractivity (Wildman–Crippen MR) is 226 cm³/mol. The van der Waals surface area contributed by atoms with Gasteiger partial charge in [0.15, 0.2) is 5.69 Å². The molecule has 3 aromatic heterocycles. The normalized spacial score (nSPS) is 11.6. The van der Waals surface area contributed by atoms with E-state index in [2.05, 4.69) is 176 Å². The van der Waals surface area contributed by atoms with Gasteiger partial charge in [-0.1, -0.05) is 91.0 Å². The van der Waals surface area contributed by atoms with Gasteiger partial charge in [0.25, 0.3) is 0 Å². The predicted octanol–water partition coefficient (Wildman–Crippen LogP) is 13.1. The van der Waals surface area contributed by atoms with Crippen molar-refractivity contribution in [3.8, 4) is 34.3 Å². The van der Waals surface area contributed by atoms with E-state index in [9.17, 15) is 5.26 Å². The standard InChI is InChI=1S/C50H29N5/c1-52-35-21-25-44(34(27-35)31-51)55-47-18-10-7-15-40(47)41-28-32(20-24-50(41)55)33-19-23-48-42(29-33)43-30-37(22-26-49(43)53(48)36-11-3-2-4-12-36)54-45-16-8-5-13-38(45)39-14-6-9-17-46(39)54/h2-30H. The summed E-state index contributed by atoms with van der Waals surface area (Å²) in [6.45, 7) is 7.48. The third kappa shape index (κ3) is 4.51. The summed E-state index contributed by atoms with van der Waals surface area (Å²) in [6.07, 6.45) is 0. The molecule has 3 heterocycles. The van der Waals surface area contributed by atoms with E-state index < -0.39 is 0 Å². The van der Waals surface area contributed by atoms with Crippen molar-refractivity contribution in [2.24, 2.45) is 0 Å². The molecule has 8 aromatic carbocycles. The molecule has 5 heteroatoms. The third-order valence-corrected chi connectivity index (χ3v) is 11.1. The van der Waals surface area contributed by atoms with Crippen molar-refractivity contribution < 1.29 is 0 Å². The van der Waals surface area contributed by atoms with Crippen molar-refractivity contribution in [3.05, 3.63) is 193 Å². The lowest BCUT2D eigenvalue weighted by atomic mass is 10.0. The topological polar surface area (TPSA) is 42.9 Å². The largest absolute Gasteiger partial charge is 0.309 e. The van der Waals surface area contributed by atoms with Crippen LogP contribution in [0.25, 0.3) is 98.5 Å². The van der Waals surface area contributed by atoms with E-state index in [1.54, 1.807) is 12.1 Å². The summed E-state index contributed by atoms with van der Waals surface area (Å²) >= 11 is 0. The molecule has 0 aliphatic heterocycles. The van der Waals surface area contributed by atoms with Crippen molar-refractivity contribution in [1.82, 2.24) is 13.7 Å². The molecule has 0 N–H and O–H groups in total. The minimum Gasteiger partial charge on any atom is -0.309 e. The van der Waals surface area contributed by atoms with Gasteiger partial charge in [0.2, 0.25) is 0 Å². The van der Waals surface area contributed by atoms with Crippen molar-refractivity contribution in [1.29, 1.82) is 5.26 Å². The van der Waals surface area contributed by atoms with Crippen LogP contribution in [0.1, 0.15) is 5.56 Å². The molecule has 0 saturated carbocycles. The summed E-state index contributed by atoms with van der Waals surface area (Å²) in [5, 5.41) is 17.2.